The summed E-state index contributed by atoms with van der Waals surface area (Å²) in [4.78, 5) is 0. The van der Waals surface area contributed by atoms with Gasteiger partial charge in [0.1, 0.15) is 7.28 Å². The average Bonchev–Trinajstić information content (AvgIpc) is 2.04. The van der Waals surface area contributed by atoms with Crippen molar-refractivity contribution in [2.45, 2.75) is 57.6 Å². The Morgan fingerprint density at radius 3 is 2.62 bits per heavy atom. The first-order valence-corrected chi connectivity index (χ1v) is 5.62. The molecule has 2 rings (SSSR count). The molecule has 2 heteroatoms. The van der Waals surface area contributed by atoms with Crippen LogP contribution >= 0.6 is 0 Å². The Morgan fingerprint density at radius 2 is 1.92 bits per heavy atom. The molecular weight excluding hydrogens is 150 g/mol. The van der Waals surface area contributed by atoms with Gasteiger partial charge in [-0.25, -0.2) is 0 Å². The first-order chi connectivity index (χ1) is 5.77. The second kappa shape index (κ2) is 4.94. The minimum absolute atomic E-state index is 0. The van der Waals surface area contributed by atoms with Crippen molar-refractivity contribution in [2.24, 2.45) is 11.8 Å². The van der Waals surface area contributed by atoms with E-state index in [4.69, 9.17) is 0 Å². The maximum absolute atomic E-state index is 2.68. The zero-order valence-electron chi connectivity index (χ0n) is 10.4. The van der Waals surface area contributed by atoms with Crippen molar-refractivity contribution in [3.05, 3.63) is 0 Å². The van der Waals surface area contributed by atoms with Gasteiger partial charge >= 0.3 is 18.9 Å². The fourth-order valence-electron chi connectivity index (χ4n) is 3.20. The molecule has 2 aliphatic heterocycles. The van der Waals surface area contributed by atoms with E-state index in [1.54, 1.807) is 0 Å². The second-order valence-corrected chi connectivity index (χ2v) is 5.03. The molecule has 13 heavy (non-hydrogen) atoms. The molecule has 0 saturated carbocycles. The molecule has 69 valence electrons. The monoisotopic (exact) mass is 171 g/mol. The molecule has 3 unspecified atom stereocenters. The molecule has 0 spiro atoms. The van der Waals surface area contributed by atoms with Crippen LogP contribution in [0.2, 0.25) is 11.6 Å². The van der Waals surface area contributed by atoms with Gasteiger partial charge in [-0.2, -0.15) is 0 Å². The van der Waals surface area contributed by atoms with Crippen molar-refractivity contribution in [2.75, 3.05) is 0 Å². The summed E-state index contributed by atoms with van der Waals surface area (Å²) < 4.78 is 0. The molecule has 0 N–H and O–H groups in total. The number of hydrogen-bond donors (Lipinski definition) is 0. The summed E-state index contributed by atoms with van der Waals surface area (Å²) in [6, 6.07) is 0. The third-order valence-electron chi connectivity index (χ3n) is 3.91. The molecule has 2 aliphatic rings. The molecule has 0 aliphatic carbocycles. The Morgan fingerprint density at radius 1 is 1.15 bits per heavy atom. The van der Waals surface area contributed by atoms with Crippen molar-refractivity contribution in [3.63, 3.8) is 0 Å². The average molecular weight is 171 g/mol. The summed E-state index contributed by atoms with van der Waals surface area (Å²) in [5, 5.41) is 0. The van der Waals surface area contributed by atoms with Crippen LogP contribution in [0.1, 0.15) is 47.4 Å². The minimum atomic E-state index is 0. The predicted molar refractivity (Wildman–Crippen MR) is 55.8 cm³/mol. The normalized spacial score (nSPS) is 37.9. The van der Waals surface area contributed by atoms with Crippen LogP contribution in [-0.4, -0.2) is 7.28 Å². The molecular formula is C11H21BLi. The Kier molecular flexibility index (Phi) is 4.46. The van der Waals surface area contributed by atoms with E-state index in [1.807, 2.05) is 0 Å². The van der Waals surface area contributed by atoms with E-state index in [-0.39, 0.29) is 20.3 Å². The van der Waals surface area contributed by atoms with E-state index in [2.05, 4.69) is 21.1 Å². The van der Waals surface area contributed by atoms with Gasteiger partial charge < -0.3 is 1.43 Å². The summed E-state index contributed by atoms with van der Waals surface area (Å²) in [6.07, 6.45) is 7.46. The third kappa shape index (κ3) is 2.57. The summed E-state index contributed by atoms with van der Waals surface area (Å²) in [5.74, 6) is 3.91. The van der Waals surface area contributed by atoms with E-state index in [0.717, 1.165) is 23.5 Å². The topological polar surface area (TPSA) is 0 Å². The van der Waals surface area contributed by atoms with Crippen LogP contribution in [0.4, 0.5) is 0 Å². The van der Waals surface area contributed by atoms with Gasteiger partial charge in [-0.15, -0.1) is 0 Å². The van der Waals surface area contributed by atoms with Crippen molar-refractivity contribution < 1.29 is 20.3 Å². The Hall–Kier alpha value is 0.662. The Labute approximate surface area is 97.1 Å². The number of hydrogen-bond acceptors (Lipinski definition) is 0. The van der Waals surface area contributed by atoms with Crippen LogP contribution in [-0.2, 0) is 0 Å². The quantitative estimate of drug-likeness (QED) is 0.507. The van der Waals surface area contributed by atoms with Gasteiger partial charge in [0.2, 0.25) is 0 Å². The summed E-state index contributed by atoms with van der Waals surface area (Å²) in [5.41, 5.74) is 0. The molecule has 2 heterocycles. The number of rotatable bonds is 1. The molecule has 2 fully saturated rings. The van der Waals surface area contributed by atoms with E-state index >= 15 is 0 Å². The van der Waals surface area contributed by atoms with Crippen molar-refractivity contribution in [3.8, 4) is 0 Å². The summed E-state index contributed by atoms with van der Waals surface area (Å²) in [7, 11) is 2.68. The van der Waals surface area contributed by atoms with Gasteiger partial charge in [-0.05, 0) is 11.8 Å². The molecule has 1 radical (unpaired) electrons. The van der Waals surface area contributed by atoms with Gasteiger partial charge in [0, 0.05) is 0 Å². The standard InChI is InChI=1S/C11H20B.Li.H/c1-8(2)10-7-6-9-4-3-5-11(10)12-9;;/h8-11H,3-7H2,1-2H3;;/q;+1;-1. The largest absolute Gasteiger partial charge is 1.00 e. The first kappa shape index (κ1) is 11.7. The molecule has 0 nitrogen and oxygen atoms in total. The fraction of sp³-hybridized carbons (Fsp3) is 1.00. The van der Waals surface area contributed by atoms with Gasteiger partial charge in [0.15, 0.2) is 0 Å². The van der Waals surface area contributed by atoms with Gasteiger partial charge in [0.05, 0.1) is 0 Å². The van der Waals surface area contributed by atoms with Gasteiger partial charge in [-0.3, -0.25) is 0 Å². The maximum Gasteiger partial charge on any atom is 1.00 e. The SMILES string of the molecule is CC(C)C1CCC2[B]C1CCC2.[H-].[Li+]. The maximum atomic E-state index is 2.68. The van der Waals surface area contributed by atoms with E-state index in [1.165, 1.54) is 32.1 Å². The van der Waals surface area contributed by atoms with E-state index < -0.39 is 0 Å². The van der Waals surface area contributed by atoms with Crippen LogP contribution in [0.3, 0.4) is 0 Å². The van der Waals surface area contributed by atoms with E-state index in [9.17, 15) is 0 Å². The Balaban J connectivity index is 0.000000845. The first-order valence-electron chi connectivity index (χ1n) is 5.62. The zero-order chi connectivity index (χ0) is 8.55. The molecule has 2 bridgehead atoms. The van der Waals surface area contributed by atoms with Gasteiger partial charge in [0.25, 0.3) is 0 Å². The molecule has 0 aromatic heterocycles. The van der Waals surface area contributed by atoms with E-state index in [0.29, 0.717) is 0 Å². The van der Waals surface area contributed by atoms with Crippen LogP contribution in [0.15, 0.2) is 0 Å². The Bertz CT molecular complexity index is 163. The summed E-state index contributed by atoms with van der Waals surface area (Å²) in [6.45, 7) is 4.79. The third-order valence-corrected chi connectivity index (χ3v) is 3.91. The smallest absolute Gasteiger partial charge is 1.00 e. The van der Waals surface area contributed by atoms with Crippen molar-refractivity contribution in [1.29, 1.82) is 0 Å². The van der Waals surface area contributed by atoms with Crippen molar-refractivity contribution >= 4 is 7.28 Å². The second-order valence-electron chi connectivity index (χ2n) is 5.03. The molecule has 2 saturated heterocycles. The van der Waals surface area contributed by atoms with Gasteiger partial charge in [-0.1, -0.05) is 57.6 Å². The minimum Gasteiger partial charge on any atom is -1.00 e. The molecule has 0 aromatic rings. The zero-order valence-corrected chi connectivity index (χ0v) is 9.42. The predicted octanol–water partition coefficient (Wildman–Crippen LogP) is 0.634. The van der Waals surface area contributed by atoms with Crippen LogP contribution in [0.25, 0.3) is 0 Å². The molecule has 0 aromatic carbocycles. The fourth-order valence-corrected chi connectivity index (χ4v) is 3.20. The summed E-state index contributed by atoms with van der Waals surface area (Å²) >= 11 is 0. The number of fused-ring (bicyclic) bond motifs is 2. The molecule has 3 atom stereocenters. The van der Waals surface area contributed by atoms with Crippen molar-refractivity contribution in [1.82, 2.24) is 0 Å². The van der Waals surface area contributed by atoms with Crippen LogP contribution < -0.4 is 18.9 Å². The van der Waals surface area contributed by atoms with Crippen LogP contribution in [0, 0.1) is 11.8 Å². The van der Waals surface area contributed by atoms with Crippen LogP contribution in [0.5, 0.6) is 0 Å². The molecule has 0 amide bonds.